The fraction of sp³-hybridized carbons (Fsp3) is 0.615. The fourth-order valence-electron chi connectivity index (χ4n) is 1.95. The molecule has 1 aromatic heterocycles. The van der Waals surface area contributed by atoms with Gasteiger partial charge in [-0.3, -0.25) is 9.78 Å². The van der Waals surface area contributed by atoms with Crippen molar-refractivity contribution < 1.29 is 18.0 Å². The van der Waals surface area contributed by atoms with Crippen molar-refractivity contribution in [2.75, 3.05) is 11.9 Å². The number of hydrogen-bond donors (Lipinski definition) is 2. The monoisotopic (exact) mass is 304 g/mol. The summed E-state index contributed by atoms with van der Waals surface area (Å²) in [7, 11) is 0. The number of alkyl halides is 3. The first-order valence-corrected chi connectivity index (χ1v) is 6.58. The summed E-state index contributed by atoms with van der Waals surface area (Å²) in [6.45, 7) is 7.19. The van der Waals surface area contributed by atoms with Crippen LogP contribution < -0.4 is 10.6 Å². The largest absolute Gasteiger partial charge is 0.434 e. The fourth-order valence-corrected chi connectivity index (χ4v) is 1.95. The highest BCUT2D eigenvalue weighted by Crippen LogP contribution is 2.28. The number of aromatic nitrogens is 2. The quantitative estimate of drug-likeness (QED) is 0.823. The SMILES string of the molecule is CC1CNC(C)C1.Cc1ncc(C(F)(F)F)nc1NC=O. The summed E-state index contributed by atoms with van der Waals surface area (Å²) >= 11 is 0. The van der Waals surface area contributed by atoms with Crippen molar-refractivity contribution >= 4 is 12.2 Å². The van der Waals surface area contributed by atoms with E-state index in [-0.39, 0.29) is 17.9 Å². The van der Waals surface area contributed by atoms with Crippen molar-refractivity contribution in [2.24, 2.45) is 5.92 Å². The number of rotatable bonds is 2. The van der Waals surface area contributed by atoms with E-state index in [1.54, 1.807) is 0 Å². The Kier molecular flexibility index (Phi) is 6.07. The van der Waals surface area contributed by atoms with Crippen molar-refractivity contribution in [1.82, 2.24) is 15.3 Å². The molecule has 1 saturated heterocycles. The summed E-state index contributed by atoms with van der Waals surface area (Å²) < 4.78 is 36.4. The molecule has 0 spiro atoms. The molecule has 0 aromatic carbocycles. The molecule has 2 atom stereocenters. The maximum Gasteiger partial charge on any atom is 0.434 e. The highest BCUT2D eigenvalue weighted by atomic mass is 19.4. The number of carbonyl (C=O) groups excluding carboxylic acids is 1. The highest BCUT2D eigenvalue weighted by Gasteiger charge is 2.33. The summed E-state index contributed by atoms with van der Waals surface area (Å²) in [5, 5.41) is 5.40. The van der Waals surface area contributed by atoms with Crippen LogP contribution in [0.1, 0.15) is 31.7 Å². The Morgan fingerprint density at radius 3 is 2.48 bits per heavy atom. The Morgan fingerprint density at radius 2 is 2.10 bits per heavy atom. The van der Waals surface area contributed by atoms with Crippen LogP contribution in [0.15, 0.2) is 6.20 Å². The van der Waals surface area contributed by atoms with E-state index in [0.717, 1.165) is 12.0 Å². The molecule has 0 saturated carbocycles. The van der Waals surface area contributed by atoms with E-state index < -0.39 is 11.9 Å². The van der Waals surface area contributed by atoms with Gasteiger partial charge in [0.1, 0.15) is 0 Å². The third kappa shape index (κ3) is 5.66. The number of nitrogens with zero attached hydrogens (tertiary/aromatic N) is 2. The van der Waals surface area contributed by atoms with Gasteiger partial charge in [0, 0.05) is 6.04 Å². The number of halogens is 3. The first kappa shape index (κ1) is 17.4. The summed E-state index contributed by atoms with van der Waals surface area (Å²) in [5.74, 6) is 0.727. The molecule has 2 unspecified atom stereocenters. The molecule has 21 heavy (non-hydrogen) atoms. The Bertz CT molecular complexity index is 471. The average molecular weight is 304 g/mol. The van der Waals surface area contributed by atoms with E-state index in [0.29, 0.717) is 6.20 Å². The van der Waals surface area contributed by atoms with Crippen molar-refractivity contribution in [3.05, 3.63) is 17.6 Å². The van der Waals surface area contributed by atoms with Crippen LogP contribution in [0.5, 0.6) is 0 Å². The molecule has 118 valence electrons. The molecular weight excluding hydrogens is 285 g/mol. The third-order valence-electron chi connectivity index (χ3n) is 3.01. The van der Waals surface area contributed by atoms with Crippen molar-refractivity contribution in [2.45, 2.75) is 39.4 Å². The van der Waals surface area contributed by atoms with Gasteiger partial charge in [0.25, 0.3) is 0 Å². The lowest BCUT2D eigenvalue weighted by atomic mass is 10.1. The number of amides is 1. The molecular formula is C13H19F3N4O. The summed E-state index contributed by atoms with van der Waals surface area (Å²) in [6, 6.07) is 0.773. The van der Waals surface area contributed by atoms with Gasteiger partial charge in [-0.05, 0) is 32.7 Å². The van der Waals surface area contributed by atoms with Crippen LogP contribution in [0.2, 0.25) is 0 Å². The van der Waals surface area contributed by atoms with E-state index in [2.05, 4.69) is 29.1 Å². The second kappa shape index (κ2) is 7.35. The smallest absolute Gasteiger partial charge is 0.314 e. The van der Waals surface area contributed by atoms with Crippen LogP contribution in [-0.2, 0) is 11.0 Å². The highest BCUT2D eigenvalue weighted by molar-refractivity contribution is 5.69. The molecule has 8 heteroatoms. The predicted octanol–water partition coefficient (Wildman–Crippen LogP) is 2.38. The summed E-state index contributed by atoms with van der Waals surface area (Å²) in [6.07, 6.45) is -2.33. The second-order valence-corrected chi connectivity index (χ2v) is 5.10. The van der Waals surface area contributed by atoms with E-state index in [9.17, 15) is 18.0 Å². The third-order valence-corrected chi connectivity index (χ3v) is 3.01. The van der Waals surface area contributed by atoms with Crippen LogP contribution in [0.25, 0.3) is 0 Å². The van der Waals surface area contributed by atoms with Gasteiger partial charge in [0.2, 0.25) is 6.41 Å². The minimum absolute atomic E-state index is 0.185. The second-order valence-electron chi connectivity index (χ2n) is 5.10. The van der Waals surface area contributed by atoms with Gasteiger partial charge in [-0.15, -0.1) is 0 Å². The number of aryl methyl sites for hydroxylation is 1. The average Bonchev–Trinajstić information content (AvgIpc) is 2.75. The Balaban J connectivity index is 0.000000262. The molecule has 0 aliphatic carbocycles. The molecule has 1 aliphatic heterocycles. The van der Waals surface area contributed by atoms with E-state index in [1.165, 1.54) is 19.9 Å². The van der Waals surface area contributed by atoms with E-state index in [4.69, 9.17) is 0 Å². The number of anilines is 1. The summed E-state index contributed by atoms with van der Waals surface area (Å²) in [4.78, 5) is 16.7. The van der Waals surface area contributed by atoms with Crippen molar-refractivity contribution in [3.8, 4) is 0 Å². The van der Waals surface area contributed by atoms with Crippen LogP contribution in [0.3, 0.4) is 0 Å². The van der Waals surface area contributed by atoms with Crippen LogP contribution >= 0.6 is 0 Å². The lowest BCUT2D eigenvalue weighted by Crippen LogP contribution is -2.16. The van der Waals surface area contributed by atoms with Gasteiger partial charge in [-0.25, -0.2) is 4.98 Å². The van der Waals surface area contributed by atoms with E-state index in [1.807, 2.05) is 5.32 Å². The number of hydrogen-bond acceptors (Lipinski definition) is 4. The first-order chi connectivity index (χ1) is 9.74. The minimum atomic E-state index is -4.56. The summed E-state index contributed by atoms with van der Waals surface area (Å²) in [5.41, 5.74) is -0.905. The molecule has 1 fully saturated rings. The molecule has 2 heterocycles. The minimum Gasteiger partial charge on any atom is -0.314 e. The molecule has 2 rings (SSSR count). The Morgan fingerprint density at radius 1 is 1.43 bits per heavy atom. The zero-order valence-corrected chi connectivity index (χ0v) is 12.2. The van der Waals surface area contributed by atoms with Gasteiger partial charge in [-0.2, -0.15) is 13.2 Å². The van der Waals surface area contributed by atoms with E-state index >= 15 is 0 Å². The Labute approximate surface area is 121 Å². The molecule has 1 aromatic rings. The van der Waals surface area contributed by atoms with Gasteiger partial charge < -0.3 is 10.6 Å². The van der Waals surface area contributed by atoms with Gasteiger partial charge in [-0.1, -0.05) is 6.92 Å². The normalized spacial score (nSPS) is 21.4. The van der Waals surface area contributed by atoms with Crippen LogP contribution in [0.4, 0.5) is 19.0 Å². The molecule has 1 amide bonds. The number of nitrogens with one attached hydrogen (secondary N) is 2. The lowest BCUT2D eigenvalue weighted by Gasteiger charge is -2.07. The van der Waals surface area contributed by atoms with Gasteiger partial charge in [0.05, 0.1) is 11.9 Å². The molecule has 0 radical (unpaired) electrons. The zero-order valence-electron chi connectivity index (χ0n) is 12.2. The van der Waals surface area contributed by atoms with Crippen LogP contribution in [0, 0.1) is 12.8 Å². The van der Waals surface area contributed by atoms with Gasteiger partial charge in [0.15, 0.2) is 11.5 Å². The zero-order chi connectivity index (χ0) is 16.0. The molecule has 5 nitrogen and oxygen atoms in total. The maximum absolute atomic E-state index is 12.1. The number of carbonyl (C=O) groups is 1. The maximum atomic E-state index is 12.1. The van der Waals surface area contributed by atoms with Gasteiger partial charge >= 0.3 is 6.18 Å². The first-order valence-electron chi connectivity index (χ1n) is 6.58. The van der Waals surface area contributed by atoms with Crippen molar-refractivity contribution in [3.63, 3.8) is 0 Å². The topological polar surface area (TPSA) is 66.9 Å². The van der Waals surface area contributed by atoms with Crippen molar-refractivity contribution in [1.29, 1.82) is 0 Å². The predicted molar refractivity (Wildman–Crippen MR) is 72.7 cm³/mol. The Hall–Kier alpha value is -1.70. The molecule has 1 aliphatic rings. The van der Waals surface area contributed by atoms with Crippen LogP contribution in [-0.4, -0.2) is 29.0 Å². The molecule has 0 bridgehead atoms. The molecule has 2 N–H and O–H groups in total. The standard InChI is InChI=1S/C7H6F3N3O.C6H13N/c1-4-6(12-3-14)13-5(2-11-4)7(8,9)10;1-5-3-6(2)7-4-5/h2-3H,1H3,(H,12,13,14);5-7H,3-4H2,1-2H3. The lowest BCUT2D eigenvalue weighted by molar-refractivity contribution is -0.141.